The van der Waals surface area contributed by atoms with E-state index in [9.17, 15) is 0 Å². The number of aryl methyl sites for hydroxylation is 1. The minimum atomic E-state index is 0.653. The van der Waals surface area contributed by atoms with E-state index in [0.717, 1.165) is 11.1 Å². The molecule has 70 valence electrons. The molecular formula is C11H14ClN. The summed E-state index contributed by atoms with van der Waals surface area (Å²) in [7, 11) is 0. The molecule has 2 heteroatoms. The zero-order valence-corrected chi connectivity index (χ0v) is 9.24. The van der Waals surface area contributed by atoms with Crippen LogP contribution in [0.1, 0.15) is 30.5 Å². The molecule has 0 heterocycles. The normalized spacial score (nSPS) is 8.31. The van der Waals surface area contributed by atoms with E-state index in [2.05, 4.69) is 6.07 Å². The quantitative estimate of drug-likeness (QED) is 0.617. The molecule has 0 saturated carbocycles. The summed E-state index contributed by atoms with van der Waals surface area (Å²) < 4.78 is 0. The molecule has 0 aliphatic heterocycles. The molecule has 0 N–H and O–H groups in total. The molecule has 0 amide bonds. The number of halogens is 1. The van der Waals surface area contributed by atoms with E-state index in [-0.39, 0.29) is 0 Å². The van der Waals surface area contributed by atoms with Gasteiger partial charge in [0.15, 0.2) is 0 Å². The monoisotopic (exact) mass is 195 g/mol. The largest absolute Gasteiger partial charge is 0.192 e. The summed E-state index contributed by atoms with van der Waals surface area (Å²) in [5.74, 6) is 0. The molecule has 13 heavy (non-hydrogen) atoms. The standard InChI is InChI=1S/C9H8ClN.C2H6/c1-6-3-4-8(5-11)7(2)9(6)10;1-2/h3-4H,1-2H3;1-2H3. The van der Waals surface area contributed by atoms with Crippen LogP contribution in [-0.4, -0.2) is 0 Å². The second-order valence-electron chi connectivity index (χ2n) is 2.48. The Morgan fingerprint density at radius 3 is 2.23 bits per heavy atom. The number of benzene rings is 1. The van der Waals surface area contributed by atoms with Crippen LogP contribution in [0.25, 0.3) is 0 Å². The third-order valence-electron chi connectivity index (χ3n) is 1.70. The topological polar surface area (TPSA) is 23.8 Å². The Morgan fingerprint density at radius 2 is 1.77 bits per heavy atom. The van der Waals surface area contributed by atoms with Crippen LogP contribution in [0.2, 0.25) is 5.02 Å². The molecule has 0 aliphatic carbocycles. The van der Waals surface area contributed by atoms with Crippen LogP contribution < -0.4 is 0 Å². The molecule has 0 fully saturated rings. The Balaban J connectivity index is 0.000000671. The van der Waals surface area contributed by atoms with E-state index >= 15 is 0 Å². The number of nitrogens with zero attached hydrogens (tertiary/aromatic N) is 1. The molecule has 0 aliphatic rings. The van der Waals surface area contributed by atoms with Gasteiger partial charge in [0.2, 0.25) is 0 Å². The first kappa shape index (κ1) is 12.0. The molecule has 0 saturated heterocycles. The van der Waals surface area contributed by atoms with Gasteiger partial charge < -0.3 is 0 Å². The first-order valence-corrected chi connectivity index (χ1v) is 4.70. The van der Waals surface area contributed by atoms with Gasteiger partial charge >= 0.3 is 0 Å². The third-order valence-corrected chi connectivity index (χ3v) is 2.28. The molecule has 0 atom stereocenters. The fourth-order valence-electron chi connectivity index (χ4n) is 0.942. The maximum Gasteiger partial charge on any atom is 0.0994 e. The van der Waals surface area contributed by atoms with Gasteiger partial charge in [-0.3, -0.25) is 0 Å². The van der Waals surface area contributed by atoms with Crippen molar-refractivity contribution in [1.82, 2.24) is 0 Å². The van der Waals surface area contributed by atoms with Crippen molar-refractivity contribution in [1.29, 1.82) is 5.26 Å². The minimum absolute atomic E-state index is 0.653. The Kier molecular flexibility index (Phi) is 5.18. The second-order valence-corrected chi connectivity index (χ2v) is 2.86. The van der Waals surface area contributed by atoms with Crippen LogP contribution in [0.3, 0.4) is 0 Å². The molecule has 1 aromatic rings. The Labute approximate surface area is 85.0 Å². The van der Waals surface area contributed by atoms with Crippen molar-refractivity contribution in [2.24, 2.45) is 0 Å². The van der Waals surface area contributed by atoms with Crippen LogP contribution in [0.15, 0.2) is 12.1 Å². The van der Waals surface area contributed by atoms with Crippen molar-refractivity contribution in [3.8, 4) is 6.07 Å². The van der Waals surface area contributed by atoms with E-state index in [0.29, 0.717) is 10.6 Å². The fraction of sp³-hybridized carbons (Fsp3) is 0.364. The summed E-state index contributed by atoms with van der Waals surface area (Å²) in [4.78, 5) is 0. The summed E-state index contributed by atoms with van der Waals surface area (Å²) in [5.41, 5.74) is 2.54. The maximum atomic E-state index is 8.63. The van der Waals surface area contributed by atoms with Crippen LogP contribution >= 0.6 is 11.6 Å². The Morgan fingerprint density at radius 1 is 1.23 bits per heavy atom. The van der Waals surface area contributed by atoms with Crippen LogP contribution in [-0.2, 0) is 0 Å². The lowest BCUT2D eigenvalue weighted by Gasteiger charge is -2.02. The Hall–Kier alpha value is -1.00. The van der Waals surface area contributed by atoms with E-state index in [1.807, 2.05) is 33.8 Å². The fourth-order valence-corrected chi connectivity index (χ4v) is 1.11. The lowest BCUT2D eigenvalue weighted by Crippen LogP contribution is -1.85. The van der Waals surface area contributed by atoms with Crippen LogP contribution in [0.4, 0.5) is 0 Å². The number of hydrogen-bond donors (Lipinski definition) is 0. The molecule has 0 bridgehead atoms. The van der Waals surface area contributed by atoms with Crippen molar-refractivity contribution >= 4 is 11.6 Å². The molecule has 1 aromatic carbocycles. The average molecular weight is 196 g/mol. The van der Waals surface area contributed by atoms with Gasteiger partial charge in [0.1, 0.15) is 0 Å². The highest BCUT2D eigenvalue weighted by Crippen LogP contribution is 2.22. The Bertz CT molecular complexity index is 324. The summed E-state index contributed by atoms with van der Waals surface area (Å²) in [5, 5.41) is 9.32. The molecule has 0 spiro atoms. The van der Waals surface area contributed by atoms with Crippen molar-refractivity contribution in [2.75, 3.05) is 0 Å². The number of hydrogen-bond acceptors (Lipinski definition) is 1. The molecule has 0 unspecified atom stereocenters. The maximum absolute atomic E-state index is 8.63. The van der Waals surface area contributed by atoms with Gasteiger partial charge in [0.25, 0.3) is 0 Å². The van der Waals surface area contributed by atoms with Crippen LogP contribution in [0, 0.1) is 25.2 Å². The van der Waals surface area contributed by atoms with Gasteiger partial charge in [-0.25, -0.2) is 0 Å². The smallest absolute Gasteiger partial charge is 0.0994 e. The summed E-state index contributed by atoms with van der Waals surface area (Å²) in [6.45, 7) is 7.78. The molecule has 0 aromatic heterocycles. The van der Waals surface area contributed by atoms with Crippen LogP contribution in [0.5, 0.6) is 0 Å². The second kappa shape index (κ2) is 5.61. The summed E-state index contributed by atoms with van der Waals surface area (Å²) in [6, 6.07) is 5.72. The summed E-state index contributed by atoms with van der Waals surface area (Å²) in [6.07, 6.45) is 0. The predicted octanol–water partition coefficient (Wildman–Crippen LogP) is 3.85. The van der Waals surface area contributed by atoms with E-state index in [1.54, 1.807) is 6.07 Å². The minimum Gasteiger partial charge on any atom is -0.192 e. The zero-order chi connectivity index (χ0) is 10.4. The van der Waals surface area contributed by atoms with Gasteiger partial charge in [-0.05, 0) is 31.0 Å². The van der Waals surface area contributed by atoms with E-state index in [4.69, 9.17) is 16.9 Å². The van der Waals surface area contributed by atoms with Gasteiger partial charge in [-0.1, -0.05) is 31.5 Å². The predicted molar refractivity (Wildman–Crippen MR) is 57.0 cm³/mol. The SMILES string of the molecule is CC.Cc1ccc(C#N)c(C)c1Cl. The first-order valence-electron chi connectivity index (χ1n) is 4.32. The average Bonchev–Trinajstić information content (AvgIpc) is 2.18. The lowest BCUT2D eigenvalue weighted by molar-refractivity contribution is 1.34. The number of nitriles is 1. The lowest BCUT2D eigenvalue weighted by atomic mass is 10.1. The van der Waals surface area contributed by atoms with E-state index in [1.165, 1.54) is 0 Å². The van der Waals surface area contributed by atoms with Gasteiger partial charge in [-0.2, -0.15) is 5.26 Å². The molecule has 1 nitrogen and oxygen atoms in total. The van der Waals surface area contributed by atoms with Crippen molar-refractivity contribution < 1.29 is 0 Å². The highest BCUT2D eigenvalue weighted by atomic mass is 35.5. The third kappa shape index (κ3) is 2.75. The highest BCUT2D eigenvalue weighted by Gasteiger charge is 2.03. The van der Waals surface area contributed by atoms with Crippen molar-refractivity contribution in [3.05, 3.63) is 33.8 Å². The van der Waals surface area contributed by atoms with Crippen molar-refractivity contribution in [3.63, 3.8) is 0 Å². The molecule has 0 radical (unpaired) electrons. The van der Waals surface area contributed by atoms with E-state index < -0.39 is 0 Å². The molecule has 1 rings (SSSR count). The molecular weight excluding hydrogens is 182 g/mol. The van der Waals surface area contributed by atoms with Gasteiger partial charge in [0, 0.05) is 5.02 Å². The first-order chi connectivity index (χ1) is 6.16. The summed E-state index contributed by atoms with van der Waals surface area (Å²) >= 11 is 5.91. The van der Waals surface area contributed by atoms with Crippen molar-refractivity contribution in [2.45, 2.75) is 27.7 Å². The van der Waals surface area contributed by atoms with Gasteiger partial charge in [-0.15, -0.1) is 0 Å². The number of rotatable bonds is 0. The highest BCUT2D eigenvalue weighted by molar-refractivity contribution is 6.32. The zero-order valence-electron chi connectivity index (χ0n) is 8.48. The van der Waals surface area contributed by atoms with Gasteiger partial charge in [0.05, 0.1) is 11.6 Å².